The Morgan fingerprint density at radius 3 is 3.10 bits per heavy atom. The van der Waals surface area contributed by atoms with E-state index in [0.717, 1.165) is 4.88 Å². The number of rotatable bonds is 5. The van der Waals surface area contributed by atoms with Crippen LogP contribution >= 0.6 is 11.3 Å². The smallest absolute Gasteiger partial charge is 0.244 e. The van der Waals surface area contributed by atoms with E-state index in [2.05, 4.69) is 10.5 Å². The summed E-state index contributed by atoms with van der Waals surface area (Å²) in [7, 11) is -3.23. The molecule has 1 aliphatic rings. The lowest BCUT2D eigenvalue weighted by atomic mass is 9.99. The molecule has 0 aromatic carbocycles. The number of nitrogens with one attached hydrogen (secondary N) is 1. The lowest BCUT2D eigenvalue weighted by Crippen LogP contribution is -2.45. The van der Waals surface area contributed by atoms with Crippen LogP contribution < -0.4 is 5.43 Å². The average molecular weight is 329 g/mol. The zero-order valence-electron chi connectivity index (χ0n) is 11.9. The maximum absolute atomic E-state index is 12.0. The van der Waals surface area contributed by atoms with Gasteiger partial charge in [-0.1, -0.05) is 6.07 Å². The Labute approximate surface area is 128 Å². The minimum Gasteiger partial charge on any atom is -0.273 e. The molecule has 1 fully saturated rings. The summed E-state index contributed by atoms with van der Waals surface area (Å²) in [4.78, 5) is 13.0. The SMILES string of the molecule is CCS(=O)(=O)N1CCC[C@H](C(=O)N/N=C\c2cccs2)C1. The molecule has 0 bridgehead atoms. The Kier molecular flexibility index (Phi) is 5.49. The van der Waals surface area contributed by atoms with Crippen LogP contribution in [0.5, 0.6) is 0 Å². The summed E-state index contributed by atoms with van der Waals surface area (Å²) in [6.07, 6.45) is 2.98. The molecule has 1 aromatic heterocycles. The summed E-state index contributed by atoms with van der Waals surface area (Å²) < 4.78 is 25.1. The first-order valence-electron chi connectivity index (χ1n) is 6.87. The topological polar surface area (TPSA) is 78.8 Å². The van der Waals surface area contributed by atoms with Crippen LogP contribution in [-0.4, -0.2) is 43.7 Å². The van der Waals surface area contributed by atoms with Gasteiger partial charge in [-0.2, -0.15) is 5.10 Å². The van der Waals surface area contributed by atoms with Crippen molar-refractivity contribution in [2.45, 2.75) is 19.8 Å². The third-order valence-electron chi connectivity index (χ3n) is 3.42. The van der Waals surface area contributed by atoms with Gasteiger partial charge in [0, 0.05) is 18.0 Å². The van der Waals surface area contributed by atoms with Crippen molar-refractivity contribution < 1.29 is 13.2 Å². The second-order valence-electron chi connectivity index (χ2n) is 4.85. The molecule has 1 amide bonds. The number of hydrazone groups is 1. The molecule has 0 saturated carbocycles. The second-order valence-corrected chi connectivity index (χ2v) is 8.08. The first-order valence-corrected chi connectivity index (χ1v) is 9.36. The van der Waals surface area contributed by atoms with Gasteiger partial charge in [-0.15, -0.1) is 11.3 Å². The number of sulfonamides is 1. The highest BCUT2D eigenvalue weighted by atomic mass is 32.2. The van der Waals surface area contributed by atoms with Gasteiger partial charge in [-0.3, -0.25) is 4.79 Å². The van der Waals surface area contributed by atoms with Crippen LogP contribution in [0.2, 0.25) is 0 Å². The van der Waals surface area contributed by atoms with Crippen molar-refractivity contribution in [1.82, 2.24) is 9.73 Å². The first kappa shape index (κ1) is 16.1. The van der Waals surface area contributed by atoms with Crippen LogP contribution in [0.1, 0.15) is 24.6 Å². The summed E-state index contributed by atoms with van der Waals surface area (Å²) in [5, 5.41) is 5.84. The van der Waals surface area contributed by atoms with Gasteiger partial charge < -0.3 is 0 Å². The van der Waals surface area contributed by atoms with E-state index in [0.29, 0.717) is 19.4 Å². The lowest BCUT2D eigenvalue weighted by Gasteiger charge is -2.30. The van der Waals surface area contributed by atoms with Gasteiger partial charge in [0.2, 0.25) is 15.9 Å². The van der Waals surface area contributed by atoms with Crippen molar-refractivity contribution in [3.8, 4) is 0 Å². The molecular weight excluding hydrogens is 310 g/mol. The molecular formula is C13H19N3O3S2. The number of amides is 1. The maximum atomic E-state index is 12.0. The van der Waals surface area contributed by atoms with Crippen LogP contribution in [0.4, 0.5) is 0 Å². The lowest BCUT2D eigenvalue weighted by molar-refractivity contribution is -0.126. The van der Waals surface area contributed by atoms with Crippen LogP contribution in [0, 0.1) is 5.92 Å². The highest BCUT2D eigenvalue weighted by Gasteiger charge is 2.31. The summed E-state index contributed by atoms with van der Waals surface area (Å²) >= 11 is 1.53. The zero-order chi connectivity index (χ0) is 15.3. The van der Waals surface area contributed by atoms with Gasteiger partial charge in [0.1, 0.15) is 0 Å². The van der Waals surface area contributed by atoms with Gasteiger partial charge in [-0.25, -0.2) is 18.1 Å². The Balaban J connectivity index is 1.90. The second kappa shape index (κ2) is 7.15. The van der Waals surface area contributed by atoms with Gasteiger partial charge >= 0.3 is 0 Å². The number of carbonyl (C=O) groups is 1. The van der Waals surface area contributed by atoms with Crippen molar-refractivity contribution in [3.63, 3.8) is 0 Å². The fraction of sp³-hybridized carbons (Fsp3) is 0.538. The van der Waals surface area contributed by atoms with Gasteiger partial charge in [0.05, 0.1) is 17.9 Å². The zero-order valence-corrected chi connectivity index (χ0v) is 13.5. The van der Waals surface area contributed by atoms with Crippen molar-refractivity contribution >= 4 is 33.5 Å². The van der Waals surface area contributed by atoms with Crippen LogP contribution in [0.25, 0.3) is 0 Å². The van der Waals surface area contributed by atoms with E-state index in [1.807, 2.05) is 17.5 Å². The monoisotopic (exact) mass is 329 g/mol. The maximum Gasteiger partial charge on any atom is 0.244 e. The Hall–Kier alpha value is -1.25. The quantitative estimate of drug-likeness (QED) is 0.652. The molecule has 1 aliphatic heterocycles. The largest absolute Gasteiger partial charge is 0.273 e. The molecule has 0 unspecified atom stereocenters. The van der Waals surface area contributed by atoms with E-state index in [9.17, 15) is 13.2 Å². The molecule has 116 valence electrons. The molecule has 1 atom stereocenters. The minimum absolute atomic E-state index is 0.0673. The number of nitrogens with zero attached hydrogens (tertiary/aromatic N) is 2. The van der Waals surface area contributed by atoms with Crippen LogP contribution in [0.15, 0.2) is 22.6 Å². The highest BCUT2D eigenvalue weighted by molar-refractivity contribution is 7.89. The number of piperidine rings is 1. The average Bonchev–Trinajstić information content (AvgIpc) is 3.00. The highest BCUT2D eigenvalue weighted by Crippen LogP contribution is 2.19. The summed E-state index contributed by atoms with van der Waals surface area (Å²) in [5.74, 6) is -0.489. The third-order valence-corrected chi connectivity index (χ3v) is 6.08. The van der Waals surface area contributed by atoms with Crippen LogP contribution in [-0.2, 0) is 14.8 Å². The Morgan fingerprint density at radius 1 is 1.62 bits per heavy atom. The standard InChI is InChI=1S/C13H19N3O3S2/c1-2-21(18,19)16-7-3-5-11(10-16)13(17)15-14-9-12-6-4-8-20-12/h4,6,8-9,11H,2-3,5,7,10H2,1H3,(H,15,17)/b14-9-/t11-/m0/s1. The molecule has 1 N–H and O–H groups in total. The normalized spacial score (nSPS) is 20.7. The molecule has 1 aromatic rings. The summed E-state index contributed by atoms with van der Waals surface area (Å²) in [6, 6.07) is 3.80. The van der Waals surface area contributed by atoms with Gasteiger partial charge in [-0.05, 0) is 31.2 Å². The number of carbonyl (C=O) groups excluding carboxylic acids is 1. The number of hydrogen-bond acceptors (Lipinski definition) is 5. The molecule has 6 nitrogen and oxygen atoms in total. The molecule has 0 spiro atoms. The van der Waals surface area contributed by atoms with Crippen molar-refractivity contribution in [3.05, 3.63) is 22.4 Å². The van der Waals surface area contributed by atoms with E-state index in [1.165, 1.54) is 15.6 Å². The van der Waals surface area contributed by atoms with E-state index in [4.69, 9.17) is 0 Å². The molecule has 2 rings (SSSR count). The van der Waals surface area contributed by atoms with E-state index < -0.39 is 10.0 Å². The predicted octanol–water partition coefficient (Wildman–Crippen LogP) is 1.26. The van der Waals surface area contributed by atoms with E-state index >= 15 is 0 Å². The Morgan fingerprint density at radius 2 is 2.43 bits per heavy atom. The van der Waals surface area contributed by atoms with E-state index in [1.54, 1.807) is 13.1 Å². The predicted molar refractivity (Wildman–Crippen MR) is 83.8 cm³/mol. The third kappa shape index (κ3) is 4.36. The van der Waals surface area contributed by atoms with Crippen molar-refractivity contribution in [2.75, 3.05) is 18.8 Å². The molecule has 1 saturated heterocycles. The fourth-order valence-electron chi connectivity index (χ4n) is 2.21. The summed E-state index contributed by atoms with van der Waals surface area (Å²) in [6.45, 7) is 2.36. The van der Waals surface area contributed by atoms with Crippen molar-refractivity contribution in [1.29, 1.82) is 0 Å². The molecule has 8 heteroatoms. The number of hydrogen-bond donors (Lipinski definition) is 1. The van der Waals surface area contributed by atoms with Crippen molar-refractivity contribution in [2.24, 2.45) is 11.0 Å². The van der Waals surface area contributed by atoms with Crippen LogP contribution in [0.3, 0.4) is 0 Å². The number of thiophene rings is 1. The van der Waals surface area contributed by atoms with Gasteiger partial charge in [0.25, 0.3) is 0 Å². The molecule has 21 heavy (non-hydrogen) atoms. The first-order chi connectivity index (χ1) is 10.0. The molecule has 0 radical (unpaired) electrons. The van der Waals surface area contributed by atoms with E-state index in [-0.39, 0.29) is 24.1 Å². The minimum atomic E-state index is -3.23. The molecule has 2 heterocycles. The Bertz CT molecular complexity index is 596. The molecule has 0 aliphatic carbocycles. The van der Waals surface area contributed by atoms with Gasteiger partial charge in [0.15, 0.2) is 0 Å². The fourth-order valence-corrected chi connectivity index (χ4v) is 3.97. The summed E-state index contributed by atoms with van der Waals surface area (Å²) in [5.41, 5.74) is 2.50.